The second kappa shape index (κ2) is 7.65. The highest BCUT2D eigenvalue weighted by Gasteiger charge is 2.35. The van der Waals surface area contributed by atoms with Gasteiger partial charge in [-0.05, 0) is 18.4 Å². The van der Waals surface area contributed by atoms with E-state index in [0.29, 0.717) is 25.6 Å². The molecule has 2 rings (SSSR count). The third-order valence-corrected chi connectivity index (χ3v) is 3.98. The van der Waals surface area contributed by atoms with Gasteiger partial charge in [0.1, 0.15) is 0 Å². The molecule has 2 unspecified atom stereocenters. The van der Waals surface area contributed by atoms with Gasteiger partial charge in [-0.3, -0.25) is 4.79 Å². The molecule has 1 saturated heterocycles. The van der Waals surface area contributed by atoms with Crippen molar-refractivity contribution < 1.29 is 9.53 Å². The SMILES string of the molecule is CCC1OCCC1C(=O)N(CCCl)Cc1ccccc1. The lowest BCUT2D eigenvalue weighted by Gasteiger charge is -2.27. The Morgan fingerprint density at radius 2 is 2.15 bits per heavy atom. The van der Waals surface area contributed by atoms with E-state index in [9.17, 15) is 4.79 Å². The molecule has 3 nitrogen and oxygen atoms in total. The van der Waals surface area contributed by atoms with Gasteiger partial charge in [0.05, 0.1) is 12.0 Å². The summed E-state index contributed by atoms with van der Waals surface area (Å²) >= 11 is 5.86. The molecule has 20 heavy (non-hydrogen) atoms. The van der Waals surface area contributed by atoms with Crippen LogP contribution in [0.5, 0.6) is 0 Å². The zero-order valence-electron chi connectivity index (χ0n) is 11.9. The van der Waals surface area contributed by atoms with Crippen molar-refractivity contribution >= 4 is 17.5 Å². The Morgan fingerprint density at radius 3 is 2.80 bits per heavy atom. The molecular formula is C16H22ClNO2. The summed E-state index contributed by atoms with van der Waals surface area (Å²) < 4.78 is 5.63. The normalized spacial score (nSPS) is 21.9. The van der Waals surface area contributed by atoms with Crippen molar-refractivity contribution in [1.29, 1.82) is 0 Å². The molecule has 0 aromatic heterocycles. The van der Waals surface area contributed by atoms with E-state index in [-0.39, 0.29) is 17.9 Å². The van der Waals surface area contributed by atoms with Gasteiger partial charge in [0.15, 0.2) is 0 Å². The van der Waals surface area contributed by atoms with Crippen LogP contribution in [0.2, 0.25) is 0 Å². The van der Waals surface area contributed by atoms with Crippen LogP contribution in [-0.2, 0) is 16.1 Å². The van der Waals surface area contributed by atoms with Crippen LogP contribution < -0.4 is 0 Å². The maximum Gasteiger partial charge on any atom is 0.228 e. The minimum Gasteiger partial charge on any atom is -0.377 e. The molecule has 1 heterocycles. The average molecular weight is 296 g/mol. The van der Waals surface area contributed by atoms with Gasteiger partial charge in [-0.2, -0.15) is 0 Å². The minimum atomic E-state index is -0.00747. The first-order valence-corrected chi connectivity index (χ1v) is 7.80. The van der Waals surface area contributed by atoms with Gasteiger partial charge >= 0.3 is 0 Å². The molecule has 1 fully saturated rings. The molecule has 0 aliphatic carbocycles. The Balaban J connectivity index is 2.05. The molecule has 0 bridgehead atoms. The van der Waals surface area contributed by atoms with Crippen LogP contribution in [0.1, 0.15) is 25.3 Å². The van der Waals surface area contributed by atoms with E-state index in [1.807, 2.05) is 35.2 Å². The lowest BCUT2D eigenvalue weighted by atomic mass is 9.97. The number of rotatable bonds is 6. The summed E-state index contributed by atoms with van der Waals surface area (Å²) in [6.07, 6.45) is 1.78. The number of ether oxygens (including phenoxy) is 1. The van der Waals surface area contributed by atoms with E-state index in [0.717, 1.165) is 18.4 Å². The molecule has 1 aliphatic heterocycles. The first kappa shape index (κ1) is 15.3. The van der Waals surface area contributed by atoms with Crippen LogP contribution in [0.15, 0.2) is 30.3 Å². The quantitative estimate of drug-likeness (QED) is 0.755. The fraction of sp³-hybridized carbons (Fsp3) is 0.562. The minimum absolute atomic E-state index is 0.00747. The van der Waals surface area contributed by atoms with Crippen molar-refractivity contribution in [2.45, 2.75) is 32.4 Å². The highest BCUT2D eigenvalue weighted by atomic mass is 35.5. The van der Waals surface area contributed by atoms with Gasteiger partial charge in [-0.15, -0.1) is 11.6 Å². The van der Waals surface area contributed by atoms with Crippen molar-refractivity contribution in [3.63, 3.8) is 0 Å². The summed E-state index contributed by atoms with van der Waals surface area (Å²) in [4.78, 5) is 14.6. The van der Waals surface area contributed by atoms with E-state index in [4.69, 9.17) is 16.3 Å². The molecule has 1 aliphatic rings. The van der Waals surface area contributed by atoms with E-state index < -0.39 is 0 Å². The highest BCUT2D eigenvalue weighted by molar-refractivity contribution is 6.18. The van der Waals surface area contributed by atoms with E-state index in [1.54, 1.807) is 0 Å². The van der Waals surface area contributed by atoms with Crippen molar-refractivity contribution in [2.24, 2.45) is 5.92 Å². The lowest BCUT2D eigenvalue weighted by Crippen LogP contribution is -2.39. The summed E-state index contributed by atoms with van der Waals surface area (Å²) in [5.74, 6) is 0.633. The number of carbonyl (C=O) groups is 1. The Hall–Kier alpha value is -1.06. The maximum atomic E-state index is 12.7. The molecule has 0 spiro atoms. The van der Waals surface area contributed by atoms with Crippen LogP contribution in [0, 0.1) is 5.92 Å². The summed E-state index contributed by atoms with van der Waals surface area (Å²) in [5, 5.41) is 0. The second-order valence-corrected chi connectivity index (χ2v) is 5.52. The van der Waals surface area contributed by atoms with Crippen molar-refractivity contribution in [2.75, 3.05) is 19.0 Å². The molecule has 0 N–H and O–H groups in total. The molecular weight excluding hydrogens is 274 g/mol. The van der Waals surface area contributed by atoms with Crippen molar-refractivity contribution in [1.82, 2.24) is 4.90 Å². The van der Waals surface area contributed by atoms with Gasteiger partial charge in [-0.1, -0.05) is 37.3 Å². The van der Waals surface area contributed by atoms with Crippen LogP contribution in [0.4, 0.5) is 0 Å². The summed E-state index contributed by atoms with van der Waals surface area (Å²) in [5.41, 5.74) is 1.14. The monoisotopic (exact) mass is 295 g/mol. The average Bonchev–Trinajstić information content (AvgIpc) is 2.95. The molecule has 1 amide bonds. The standard InChI is InChI=1S/C16H22ClNO2/c1-2-15-14(8-11-20-15)16(19)18(10-9-17)12-13-6-4-3-5-7-13/h3-7,14-15H,2,8-12H2,1H3. The van der Waals surface area contributed by atoms with Gasteiger partial charge in [0.2, 0.25) is 5.91 Å². The summed E-state index contributed by atoms with van der Waals surface area (Å²) in [6.45, 7) is 3.97. The molecule has 1 aromatic rings. The highest BCUT2D eigenvalue weighted by Crippen LogP contribution is 2.26. The van der Waals surface area contributed by atoms with E-state index in [1.165, 1.54) is 0 Å². The molecule has 0 saturated carbocycles. The lowest BCUT2D eigenvalue weighted by molar-refractivity contribution is -0.137. The fourth-order valence-electron chi connectivity index (χ4n) is 2.74. The number of carbonyl (C=O) groups excluding carboxylic acids is 1. The Labute approximate surface area is 125 Å². The topological polar surface area (TPSA) is 29.5 Å². The zero-order valence-corrected chi connectivity index (χ0v) is 12.7. The number of alkyl halides is 1. The number of hydrogen-bond acceptors (Lipinski definition) is 2. The number of nitrogens with zero attached hydrogens (tertiary/aromatic N) is 1. The van der Waals surface area contributed by atoms with Gasteiger partial charge in [-0.25, -0.2) is 0 Å². The van der Waals surface area contributed by atoms with Crippen LogP contribution >= 0.6 is 11.6 Å². The molecule has 110 valence electrons. The third kappa shape index (κ3) is 3.74. The van der Waals surface area contributed by atoms with E-state index >= 15 is 0 Å². The molecule has 2 atom stereocenters. The number of hydrogen-bond donors (Lipinski definition) is 0. The largest absolute Gasteiger partial charge is 0.377 e. The smallest absolute Gasteiger partial charge is 0.228 e. The van der Waals surface area contributed by atoms with Crippen LogP contribution in [0.3, 0.4) is 0 Å². The second-order valence-electron chi connectivity index (χ2n) is 5.15. The first-order chi connectivity index (χ1) is 9.76. The van der Waals surface area contributed by atoms with Crippen molar-refractivity contribution in [3.05, 3.63) is 35.9 Å². The van der Waals surface area contributed by atoms with Gasteiger partial charge in [0, 0.05) is 25.6 Å². The maximum absolute atomic E-state index is 12.7. The van der Waals surface area contributed by atoms with Crippen LogP contribution in [0.25, 0.3) is 0 Å². The third-order valence-electron chi connectivity index (χ3n) is 3.81. The summed E-state index contributed by atoms with van der Waals surface area (Å²) in [7, 11) is 0. The number of amides is 1. The first-order valence-electron chi connectivity index (χ1n) is 7.26. The zero-order chi connectivity index (χ0) is 14.4. The predicted molar refractivity (Wildman–Crippen MR) is 80.7 cm³/mol. The fourth-order valence-corrected chi connectivity index (χ4v) is 2.94. The van der Waals surface area contributed by atoms with Gasteiger partial charge in [0.25, 0.3) is 0 Å². The van der Waals surface area contributed by atoms with Gasteiger partial charge < -0.3 is 9.64 Å². The van der Waals surface area contributed by atoms with Crippen LogP contribution in [-0.4, -0.2) is 35.9 Å². The molecule has 0 radical (unpaired) electrons. The summed E-state index contributed by atoms with van der Waals surface area (Å²) in [6, 6.07) is 10.0. The molecule has 4 heteroatoms. The number of benzene rings is 1. The van der Waals surface area contributed by atoms with E-state index in [2.05, 4.69) is 6.92 Å². The Morgan fingerprint density at radius 1 is 1.40 bits per heavy atom. The molecule has 1 aromatic carbocycles. The Kier molecular flexibility index (Phi) is 5.86. The predicted octanol–water partition coefficient (Wildman–Crippen LogP) is 3.07. The Bertz CT molecular complexity index is 424. The van der Waals surface area contributed by atoms with Crippen molar-refractivity contribution in [3.8, 4) is 0 Å². The number of halogens is 1.